The molecule has 2 aliphatic rings. The molecule has 8 nitrogen and oxygen atoms in total. The van der Waals surface area contributed by atoms with E-state index in [1.54, 1.807) is 36.5 Å². The first-order valence-corrected chi connectivity index (χ1v) is 13.2. The van der Waals surface area contributed by atoms with E-state index in [2.05, 4.69) is 25.3 Å². The molecule has 4 N–H and O–H groups in total. The summed E-state index contributed by atoms with van der Waals surface area (Å²) in [6.07, 6.45) is 3.17. The smallest absolute Gasteiger partial charge is 0.424 e. The predicted molar refractivity (Wildman–Crippen MR) is 142 cm³/mol. The third-order valence-corrected chi connectivity index (χ3v) is 7.32. The van der Waals surface area contributed by atoms with Gasteiger partial charge in [-0.15, -0.1) is 13.2 Å². The number of alkyl halides is 3. The summed E-state index contributed by atoms with van der Waals surface area (Å²) in [7, 11) is 0. The van der Waals surface area contributed by atoms with Crippen LogP contribution in [0.5, 0.6) is 5.75 Å². The van der Waals surface area contributed by atoms with Crippen molar-refractivity contribution in [2.24, 2.45) is 5.73 Å². The number of nitrogens with zero attached hydrogens (tertiary/aromatic N) is 2. The van der Waals surface area contributed by atoms with Gasteiger partial charge in [0.25, 0.3) is 6.01 Å². The molecule has 2 fully saturated rings. The summed E-state index contributed by atoms with van der Waals surface area (Å²) in [4.78, 5) is 18.1. The standard InChI is InChI=1S/C28H32F3N5O3/c29-28(30,31)39-22-12-10-21(11-13-22)36-14-4-7-20(17-36)34-23-8-1-2-9-24(23)35-27-33-16-25(38-27)18-5-3-6-19(15-18)26(32)37/h3,5-6,10-13,15-16,20,23-24,34H,1-2,4,7-9,14,17H2,(H2,32,37)(H,33,35)/t20-,23+,24+/m0/s1. The van der Waals surface area contributed by atoms with Crippen LogP contribution in [-0.2, 0) is 0 Å². The molecule has 0 spiro atoms. The molecule has 11 heteroatoms. The molecule has 39 heavy (non-hydrogen) atoms. The second-order valence-electron chi connectivity index (χ2n) is 10.1. The fraction of sp³-hybridized carbons (Fsp3) is 0.429. The van der Waals surface area contributed by atoms with Gasteiger partial charge < -0.3 is 30.4 Å². The van der Waals surface area contributed by atoms with Gasteiger partial charge in [-0.25, -0.2) is 4.98 Å². The quantitative estimate of drug-likeness (QED) is 0.353. The SMILES string of the molecule is NC(=O)c1cccc(-c2cnc(N[C@@H]3CCCC[C@H]3N[C@H]3CCCN(c4ccc(OC(F)(F)F)cc4)C3)o2)c1. The summed E-state index contributed by atoms with van der Waals surface area (Å²) < 4.78 is 47.4. The number of hydrogen-bond acceptors (Lipinski definition) is 7. The third kappa shape index (κ3) is 7.03. The number of anilines is 2. The number of benzene rings is 2. The molecule has 5 rings (SSSR count). The fourth-order valence-electron chi connectivity index (χ4n) is 5.47. The van der Waals surface area contributed by atoms with Crippen molar-refractivity contribution in [3.63, 3.8) is 0 Å². The van der Waals surface area contributed by atoms with Gasteiger partial charge in [-0.1, -0.05) is 25.0 Å². The number of nitrogens with two attached hydrogens (primary N) is 1. The van der Waals surface area contributed by atoms with Gasteiger partial charge in [0.2, 0.25) is 5.91 Å². The highest BCUT2D eigenvalue weighted by Gasteiger charge is 2.32. The molecule has 1 aliphatic carbocycles. The van der Waals surface area contributed by atoms with Crippen molar-refractivity contribution < 1.29 is 27.1 Å². The number of carbonyl (C=O) groups excluding carboxylic acids is 1. The minimum Gasteiger partial charge on any atom is -0.424 e. The van der Waals surface area contributed by atoms with Crippen molar-refractivity contribution in [3.05, 3.63) is 60.3 Å². The van der Waals surface area contributed by atoms with Crippen molar-refractivity contribution in [1.82, 2.24) is 10.3 Å². The zero-order valence-electron chi connectivity index (χ0n) is 21.4. The number of nitrogens with one attached hydrogen (secondary N) is 2. The average Bonchev–Trinajstić information content (AvgIpc) is 3.38. The maximum absolute atomic E-state index is 12.5. The molecule has 1 amide bonds. The fourth-order valence-corrected chi connectivity index (χ4v) is 5.47. The topological polar surface area (TPSA) is 106 Å². The van der Waals surface area contributed by atoms with E-state index < -0.39 is 12.3 Å². The lowest BCUT2D eigenvalue weighted by Gasteiger charge is -2.40. The van der Waals surface area contributed by atoms with Crippen molar-refractivity contribution >= 4 is 17.6 Å². The monoisotopic (exact) mass is 543 g/mol. The molecular formula is C28H32F3N5O3. The Balaban J connectivity index is 1.20. The lowest BCUT2D eigenvalue weighted by atomic mass is 9.89. The summed E-state index contributed by atoms with van der Waals surface area (Å²) >= 11 is 0. The van der Waals surface area contributed by atoms with E-state index in [0.717, 1.165) is 62.9 Å². The minimum atomic E-state index is -4.70. The number of carbonyl (C=O) groups is 1. The number of hydrogen-bond donors (Lipinski definition) is 3. The van der Waals surface area contributed by atoms with Crippen LogP contribution in [0.25, 0.3) is 11.3 Å². The number of rotatable bonds is 8. The zero-order valence-corrected chi connectivity index (χ0v) is 21.4. The van der Waals surface area contributed by atoms with E-state index in [0.29, 0.717) is 17.3 Å². The summed E-state index contributed by atoms with van der Waals surface area (Å²) in [5, 5.41) is 7.29. The Bertz CT molecular complexity index is 1260. The molecule has 3 atom stereocenters. The van der Waals surface area contributed by atoms with Crippen LogP contribution in [0, 0.1) is 0 Å². The first-order valence-electron chi connectivity index (χ1n) is 13.2. The largest absolute Gasteiger partial charge is 0.573 e. The van der Waals surface area contributed by atoms with Gasteiger partial charge in [-0.2, -0.15) is 0 Å². The molecule has 0 unspecified atom stereocenters. The Morgan fingerprint density at radius 1 is 1.05 bits per heavy atom. The highest BCUT2D eigenvalue weighted by Crippen LogP contribution is 2.29. The van der Waals surface area contributed by atoms with Crippen LogP contribution < -0.4 is 26.0 Å². The van der Waals surface area contributed by atoms with Crippen LogP contribution in [0.2, 0.25) is 0 Å². The third-order valence-electron chi connectivity index (χ3n) is 7.32. The molecule has 1 aromatic heterocycles. The first kappa shape index (κ1) is 26.9. The summed E-state index contributed by atoms with van der Waals surface area (Å²) in [6, 6.07) is 14.0. The van der Waals surface area contributed by atoms with Gasteiger partial charge in [0.05, 0.1) is 6.20 Å². The first-order chi connectivity index (χ1) is 18.7. The van der Waals surface area contributed by atoms with Gasteiger partial charge in [0.1, 0.15) is 5.75 Å². The highest BCUT2D eigenvalue weighted by molar-refractivity contribution is 5.93. The van der Waals surface area contributed by atoms with E-state index in [-0.39, 0.29) is 23.9 Å². The minimum absolute atomic E-state index is 0.136. The van der Waals surface area contributed by atoms with E-state index in [4.69, 9.17) is 10.2 Å². The Morgan fingerprint density at radius 3 is 2.56 bits per heavy atom. The predicted octanol–water partition coefficient (Wildman–Crippen LogP) is 5.32. The Kier molecular flexibility index (Phi) is 7.97. The number of oxazole rings is 1. The summed E-state index contributed by atoms with van der Waals surface area (Å²) in [5.41, 5.74) is 7.41. The molecule has 208 valence electrons. The molecule has 2 heterocycles. The van der Waals surface area contributed by atoms with Crippen LogP contribution in [-0.4, -0.2) is 48.5 Å². The van der Waals surface area contributed by atoms with Crippen LogP contribution in [0.1, 0.15) is 48.9 Å². The highest BCUT2D eigenvalue weighted by atomic mass is 19.4. The van der Waals surface area contributed by atoms with Gasteiger partial charge in [-0.3, -0.25) is 4.79 Å². The Hall–Kier alpha value is -3.73. The summed E-state index contributed by atoms with van der Waals surface area (Å²) in [6.45, 7) is 1.61. The van der Waals surface area contributed by atoms with Crippen LogP contribution in [0.4, 0.5) is 24.9 Å². The van der Waals surface area contributed by atoms with Gasteiger partial charge in [0.15, 0.2) is 5.76 Å². The lowest BCUT2D eigenvalue weighted by Crippen LogP contribution is -2.54. The van der Waals surface area contributed by atoms with Gasteiger partial charge in [0, 0.05) is 48.0 Å². The molecule has 3 aromatic rings. The number of primary amides is 1. The van der Waals surface area contributed by atoms with Crippen LogP contribution >= 0.6 is 0 Å². The molecule has 1 saturated carbocycles. The van der Waals surface area contributed by atoms with E-state index >= 15 is 0 Å². The number of halogens is 3. The van der Waals surface area contributed by atoms with Crippen LogP contribution in [0.15, 0.2) is 59.1 Å². The molecule has 0 radical (unpaired) electrons. The molecule has 1 saturated heterocycles. The maximum atomic E-state index is 12.5. The van der Waals surface area contributed by atoms with Crippen molar-refractivity contribution in [2.45, 2.75) is 63.0 Å². The molecular weight excluding hydrogens is 511 g/mol. The van der Waals surface area contributed by atoms with E-state index in [1.807, 2.05) is 6.07 Å². The lowest BCUT2D eigenvalue weighted by molar-refractivity contribution is -0.274. The van der Waals surface area contributed by atoms with Gasteiger partial charge in [-0.05, 0) is 62.1 Å². The van der Waals surface area contributed by atoms with Crippen molar-refractivity contribution in [2.75, 3.05) is 23.3 Å². The average molecular weight is 544 g/mol. The number of piperidine rings is 1. The van der Waals surface area contributed by atoms with E-state index in [1.165, 1.54) is 12.1 Å². The zero-order chi connectivity index (χ0) is 27.4. The second-order valence-corrected chi connectivity index (χ2v) is 10.1. The van der Waals surface area contributed by atoms with Crippen LogP contribution in [0.3, 0.4) is 0 Å². The Labute approximate surface area is 224 Å². The maximum Gasteiger partial charge on any atom is 0.573 e. The Morgan fingerprint density at radius 2 is 1.82 bits per heavy atom. The summed E-state index contributed by atoms with van der Waals surface area (Å²) in [5.74, 6) is -0.167. The number of ether oxygens (including phenoxy) is 1. The van der Waals surface area contributed by atoms with E-state index in [9.17, 15) is 18.0 Å². The molecule has 1 aliphatic heterocycles. The van der Waals surface area contributed by atoms with Crippen molar-refractivity contribution in [3.8, 4) is 17.1 Å². The van der Waals surface area contributed by atoms with Crippen molar-refractivity contribution in [1.29, 1.82) is 0 Å². The number of aromatic nitrogens is 1. The van der Waals surface area contributed by atoms with Gasteiger partial charge >= 0.3 is 6.36 Å². The number of amides is 1. The molecule has 2 aromatic carbocycles. The second kappa shape index (κ2) is 11.6. The molecule has 0 bridgehead atoms. The normalized spacial score (nSPS) is 21.9.